The zero-order valence-electron chi connectivity index (χ0n) is 11.7. The maximum atomic E-state index is 8.74. The van der Waals surface area contributed by atoms with Crippen molar-refractivity contribution in [3.63, 3.8) is 0 Å². The normalized spacial score (nSPS) is 16.3. The minimum Gasteiger partial charge on any atom is -0.493 e. The van der Waals surface area contributed by atoms with Crippen molar-refractivity contribution >= 4 is 5.69 Å². The summed E-state index contributed by atoms with van der Waals surface area (Å²) in [4.78, 5) is 4.05. The van der Waals surface area contributed by atoms with Gasteiger partial charge in [0.1, 0.15) is 18.4 Å². The van der Waals surface area contributed by atoms with Crippen LogP contribution in [-0.2, 0) is 6.42 Å². The Morgan fingerprint density at radius 2 is 2.29 bits per heavy atom. The van der Waals surface area contributed by atoms with Gasteiger partial charge in [0.15, 0.2) is 11.5 Å². The van der Waals surface area contributed by atoms with Gasteiger partial charge in [0.05, 0.1) is 25.0 Å². The van der Waals surface area contributed by atoms with E-state index in [1.807, 2.05) is 30.3 Å². The van der Waals surface area contributed by atoms with Crippen LogP contribution in [0.4, 0.5) is 5.69 Å². The van der Waals surface area contributed by atoms with Gasteiger partial charge in [-0.05, 0) is 24.6 Å². The lowest BCUT2D eigenvalue weighted by atomic mass is 10.0. The molecule has 0 saturated heterocycles. The molecule has 0 aliphatic carbocycles. The second-order valence-electron chi connectivity index (χ2n) is 4.85. The first-order valence-corrected chi connectivity index (χ1v) is 6.71. The van der Waals surface area contributed by atoms with Crippen LogP contribution in [0.1, 0.15) is 11.3 Å². The Labute approximate surface area is 123 Å². The highest BCUT2D eigenvalue weighted by atomic mass is 16.5. The highest BCUT2D eigenvalue weighted by Gasteiger charge is 2.22. The predicted molar refractivity (Wildman–Crippen MR) is 78.6 cm³/mol. The molecule has 0 spiro atoms. The smallest absolute Gasteiger partial charge is 0.164 e. The number of methoxy groups -OCH3 is 1. The highest BCUT2D eigenvalue weighted by Crippen LogP contribution is 2.34. The third kappa shape index (κ3) is 2.75. The van der Waals surface area contributed by atoms with Crippen LogP contribution in [-0.4, -0.2) is 24.7 Å². The molecule has 5 nitrogen and oxygen atoms in total. The molecule has 2 aromatic rings. The maximum absolute atomic E-state index is 8.74. The molecule has 1 aliphatic rings. The van der Waals surface area contributed by atoms with E-state index in [4.69, 9.17) is 14.7 Å². The van der Waals surface area contributed by atoms with Gasteiger partial charge in [0.25, 0.3) is 0 Å². The first-order chi connectivity index (χ1) is 10.3. The van der Waals surface area contributed by atoms with Crippen LogP contribution < -0.4 is 14.8 Å². The highest BCUT2D eigenvalue weighted by molar-refractivity contribution is 5.50. The molecule has 1 atom stereocenters. The summed E-state index contributed by atoms with van der Waals surface area (Å²) < 4.78 is 11.1. The number of para-hydroxylation sites is 1. The topological polar surface area (TPSA) is 67.2 Å². The number of pyridine rings is 1. The van der Waals surface area contributed by atoms with Gasteiger partial charge < -0.3 is 14.8 Å². The molecule has 106 valence electrons. The molecule has 5 heteroatoms. The van der Waals surface area contributed by atoms with E-state index in [1.165, 1.54) is 0 Å². The van der Waals surface area contributed by atoms with Gasteiger partial charge in [-0.3, -0.25) is 0 Å². The molecule has 1 aromatic heterocycles. The predicted octanol–water partition coefficient (Wildman–Crippen LogP) is 2.38. The Balaban J connectivity index is 1.73. The fraction of sp³-hybridized carbons (Fsp3) is 0.250. The van der Waals surface area contributed by atoms with E-state index in [0.717, 1.165) is 29.2 Å². The van der Waals surface area contributed by atoms with Gasteiger partial charge >= 0.3 is 0 Å². The van der Waals surface area contributed by atoms with Crippen LogP contribution in [0.5, 0.6) is 11.5 Å². The number of hydrogen-bond acceptors (Lipinski definition) is 5. The molecular formula is C16H15N3O2. The van der Waals surface area contributed by atoms with Crippen LogP contribution in [0, 0.1) is 11.3 Å². The van der Waals surface area contributed by atoms with E-state index in [-0.39, 0.29) is 6.04 Å². The Hall–Kier alpha value is -2.74. The first kappa shape index (κ1) is 13.3. The molecule has 2 heterocycles. The SMILES string of the molecule is COc1cccc2c1OC[C@@H](Nc1ccc(C#N)nc1)C2. The number of nitriles is 1. The van der Waals surface area contributed by atoms with Gasteiger partial charge in [0.2, 0.25) is 0 Å². The molecule has 0 fully saturated rings. The van der Waals surface area contributed by atoms with Crippen molar-refractivity contribution in [2.24, 2.45) is 0 Å². The van der Waals surface area contributed by atoms with E-state index in [1.54, 1.807) is 19.4 Å². The zero-order chi connectivity index (χ0) is 14.7. The molecule has 0 unspecified atom stereocenters. The fourth-order valence-electron chi connectivity index (χ4n) is 2.43. The minimum absolute atomic E-state index is 0.166. The van der Waals surface area contributed by atoms with E-state index in [9.17, 15) is 0 Å². The fourth-order valence-corrected chi connectivity index (χ4v) is 2.43. The quantitative estimate of drug-likeness (QED) is 0.935. The minimum atomic E-state index is 0.166. The second-order valence-corrected chi connectivity index (χ2v) is 4.85. The largest absolute Gasteiger partial charge is 0.493 e. The van der Waals surface area contributed by atoms with Crippen LogP contribution in [0.25, 0.3) is 0 Å². The molecule has 0 bridgehead atoms. The summed E-state index contributed by atoms with van der Waals surface area (Å²) in [7, 11) is 1.64. The summed E-state index contributed by atoms with van der Waals surface area (Å²) in [6.07, 6.45) is 2.52. The van der Waals surface area contributed by atoms with Crippen molar-refractivity contribution in [1.29, 1.82) is 5.26 Å². The third-order valence-corrected chi connectivity index (χ3v) is 3.42. The molecule has 1 N–H and O–H groups in total. The Kier molecular flexibility index (Phi) is 3.61. The number of rotatable bonds is 3. The van der Waals surface area contributed by atoms with Crippen molar-refractivity contribution in [3.05, 3.63) is 47.8 Å². The summed E-state index contributed by atoms with van der Waals surface area (Å²) in [5.41, 5.74) is 2.42. The van der Waals surface area contributed by atoms with E-state index in [2.05, 4.69) is 10.3 Å². The molecule has 0 radical (unpaired) electrons. The van der Waals surface area contributed by atoms with Crippen molar-refractivity contribution in [3.8, 4) is 17.6 Å². The van der Waals surface area contributed by atoms with Gasteiger partial charge in [0, 0.05) is 5.56 Å². The summed E-state index contributed by atoms with van der Waals surface area (Å²) in [5, 5.41) is 12.1. The molecule has 0 saturated carbocycles. The van der Waals surface area contributed by atoms with Crippen LogP contribution in [0.3, 0.4) is 0 Å². The first-order valence-electron chi connectivity index (χ1n) is 6.71. The van der Waals surface area contributed by atoms with Crippen LogP contribution in [0.2, 0.25) is 0 Å². The van der Waals surface area contributed by atoms with Crippen molar-refractivity contribution < 1.29 is 9.47 Å². The van der Waals surface area contributed by atoms with Crippen molar-refractivity contribution in [2.75, 3.05) is 19.0 Å². The summed E-state index contributed by atoms with van der Waals surface area (Å²) in [5.74, 6) is 1.60. The number of ether oxygens (including phenoxy) is 2. The molecule has 1 aliphatic heterocycles. The molecule has 0 amide bonds. The number of aromatic nitrogens is 1. The van der Waals surface area contributed by atoms with E-state index in [0.29, 0.717) is 12.3 Å². The summed E-state index contributed by atoms with van der Waals surface area (Å²) in [6.45, 7) is 0.563. The average molecular weight is 281 g/mol. The lowest BCUT2D eigenvalue weighted by Crippen LogP contribution is -2.33. The molecular weight excluding hydrogens is 266 g/mol. The Bertz CT molecular complexity index is 677. The zero-order valence-corrected chi connectivity index (χ0v) is 11.7. The van der Waals surface area contributed by atoms with Crippen LogP contribution in [0.15, 0.2) is 36.5 Å². The van der Waals surface area contributed by atoms with Crippen LogP contribution >= 0.6 is 0 Å². The number of nitrogens with zero attached hydrogens (tertiary/aromatic N) is 2. The van der Waals surface area contributed by atoms with Gasteiger partial charge in [-0.1, -0.05) is 12.1 Å². The molecule has 1 aromatic carbocycles. The van der Waals surface area contributed by atoms with E-state index < -0.39 is 0 Å². The number of anilines is 1. The van der Waals surface area contributed by atoms with Gasteiger partial charge in [-0.2, -0.15) is 5.26 Å². The number of nitrogens with one attached hydrogen (secondary N) is 1. The molecule has 3 rings (SSSR count). The lowest BCUT2D eigenvalue weighted by Gasteiger charge is -2.27. The van der Waals surface area contributed by atoms with Crippen molar-refractivity contribution in [2.45, 2.75) is 12.5 Å². The maximum Gasteiger partial charge on any atom is 0.164 e. The summed E-state index contributed by atoms with van der Waals surface area (Å²) in [6, 6.07) is 11.6. The number of benzene rings is 1. The Morgan fingerprint density at radius 3 is 3.00 bits per heavy atom. The standard InChI is InChI=1S/C16H15N3O2/c1-20-15-4-2-3-11-7-14(10-21-16(11)15)19-13-6-5-12(8-17)18-9-13/h2-6,9,14,19H,7,10H2,1H3/t14-/m0/s1. The Morgan fingerprint density at radius 1 is 1.38 bits per heavy atom. The molecule has 21 heavy (non-hydrogen) atoms. The average Bonchev–Trinajstić information content (AvgIpc) is 2.54. The second kappa shape index (κ2) is 5.71. The van der Waals surface area contributed by atoms with E-state index >= 15 is 0 Å². The van der Waals surface area contributed by atoms with Gasteiger partial charge in [-0.25, -0.2) is 4.98 Å². The third-order valence-electron chi connectivity index (χ3n) is 3.42. The lowest BCUT2D eigenvalue weighted by molar-refractivity contribution is 0.256. The number of fused-ring (bicyclic) bond motifs is 1. The van der Waals surface area contributed by atoms with Crippen molar-refractivity contribution in [1.82, 2.24) is 4.98 Å². The monoisotopic (exact) mass is 281 g/mol. The summed E-state index contributed by atoms with van der Waals surface area (Å²) >= 11 is 0. The van der Waals surface area contributed by atoms with Gasteiger partial charge in [-0.15, -0.1) is 0 Å². The number of hydrogen-bond donors (Lipinski definition) is 1.